The minimum absolute atomic E-state index is 0. The molecule has 1 aromatic carbocycles. The van der Waals surface area contributed by atoms with E-state index in [0.29, 0.717) is 0 Å². The zero-order valence-electron chi connectivity index (χ0n) is 9.80. The number of aromatic nitrogens is 2. The van der Waals surface area contributed by atoms with E-state index in [2.05, 4.69) is 22.4 Å². The largest absolute Gasteiger partial charge is 0.304 e. The van der Waals surface area contributed by atoms with Gasteiger partial charge in [-0.15, -0.1) is 17.0 Å². The summed E-state index contributed by atoms with van der Waals surface area (Å²) in [5.74, 6) is 0. The summed E-state index contributed by atoms with van der Waals surface area (Å²) in [4.78, 5) is 4.59. The summed E-state index contributed by atoms with van der Waals surface area (Å²) in [5.41, 5.74) is 4.19. The fraction of sp³-hybridized carbons (Fsp3) is 0.0714. The van der Waals surface area contributed by atoms with Crippen molar-refractivity contribution in [3.63, 3.8) is 0 Å². The zero-order valence-corrected chi connectivity index (χ0v) is 12.3. The average Bonchev–Trinajstić information content (AvgIpc) is 2.75. The quantitative estimate of drug-likeness (QED) is 0.642. The van der Waals surface area contributed by atoms with Crippen molar-refractivity contribution in [2.45, 2.75) is 6.92 Å². The molecule has 2 heterocycles. The first-order valence-electron chi connectivity index (χ1n) is 5.45. The predicted octanol–water partition coefficient (Wildman–Crippen LogP) is 4.54. The van der Waals surface area contributed by atoms with E-state index < -0.39 is 0 Å². The Kier molecular flexibility index (Phi) is 3.73. The lowest BCUT2D eigenvalue weighted by Crippen LogP contribution is -1.86. The third kappa shape index (κ3) is 2.28. The van der Waals surface area contributed by atoms with Crippen molar-refractivity contribution in [3.05, 3.63) is 59.4 Å². The molecule has 0 aliphatic heterocycles. The third-order valence-electron chi connectivity index (χ3n) is 2.84. The number of hydrogen-bond donors (Lipinski definition) is 0. The van der Waals surface area contributed by atoms with Gasteiger partial charge in [-0.1, -0.05) is 29.8 Å². The molecule has 3 aromatic rings. The van der Waals surface area contributed by atoms with Crippen molar-refractivity contribution in [1.82, 2.24) is 9.38 Å². The SMILES string of the molecule is Br.Cc1cccc2nc(-c3ccc(Cl)cc3)cn12. The second kappa shape index (κ2) is 5.12. The summed E-state index contributed by atoms with van der Waals surface area (Å²) in [6, 6.07) is 13.8. The van der Waals surface area contributed by atoms with Crippen LogP contribution in [0, 0.1) is 6.92 Å². The summed E-state index contributed by atoms with van der Waals surface area (Å²) in [6.45, 7) is 2.07. The number of pyridine rings is 1. The fourth-order valence-electron chi connectivity index (χ4n) is 1.91. The van der Waals surface area contributed by atoms with E-state index in [1.165, 1.54) is 5.69 Å². The van der Waals surface area contributed by atoms with Crippen LogP contribution in [0.15, 0.2) is 48.7 Å². The monoisotopic (exact) mass is 322 g/mol. The lowest BCUT2D eigenvalue weighted by molar-refractivity contribution is 1.09. The molecule has 0 atom stereocenters. The molecular weight excluding hydrogens is 312 g/mol. The summed E-state index contributed by atoms with van der Waals surface area (Å²) >= 11 is 5.88. The van der Waals surface area contributed by atoms with Crippen molar-refractivity contribution in [1.29, 1.82) is 0 Å². The molecule has 0 N–H and O–H groups in total. The van der Waals surface area contributed by atoms with Gasteiger partial charge in [-0.3, -0.25) is 0 Å². The lowest BCUT2D eigenvalue weighted by Gasteiger charge is -1.96. The Hall–Kier alpha value is -1.32. The minimum atomic E-state index is 0. The van der Waals surface area contributed by atoms with Crippen LogP contribution in [0.1, 0.15) is 5.69 Å². The van der Waals surface area contributed by atoms with Crippen LogP contribution in [-0.4, -0.2) is 9.38 Å². The molecule has 0 bridgehead atoms. The molecule has 4 heteroatoms. The van der Waals surface area contributed by atoms with Crippen LogP contribution in [0.3, 0.4) is 0 Å². The fourth-order valence-corrected chi connectivity index (χ4v) is 2.03. The van der Waals surface area contributed by atoms with Crippen molar-refractivity contribution in [2.24, 2.45) is 0 Å². The third-order valence-corrected chi connectivity index (χ3v) is 3.09. The normalized spacial score (nSPS) is 10.3. The number of aryl methyl sites for hydroxylation is 1. The number of nitrogens with zero attached hydrogens (tertiary/aromatic N) is 2. The van der Waals surface area contributed by atoms with Crippen molar-refractivity contribution < 1.29 is 0 Å². The second-order valence-electron chi connectivity index (χ2n) is 4.03. The molecule has 2 aromatic heterocycles. The maximum absolute atomic E-state index is 5.88. The van der Waals surface area contributed by atoms with Gasteiger partial charge in [0.05, 0.1) is 5.69 Å². The summed E-state index contributed by atoms with van der Waals surface area (Å²) in [5, 5.41) is 0.744. The van der Waals surface area contributed by atoms with Gasteiger partial charge >= 0.3 is 0 Å². The number of halogens is 2. The van der Waals surface area contributed by atoms with Gasteiger partial charge in [0.1, 0.15) is 5.65 Å². The van der Waals surface area contributed by atoms with E-state index in [-0.39, 0.29) is 17.0 Å². The Morgan fingerprint density at radius 3 is 2.44 bits per heavy atom. The molecule has 0 radical (unpaired) electrons. The number of fused-ring (bicyclic) bond motifs is 1. The van der Waals surface area contributed by atoms with E-state index in [0.717, 1.165) is 21.9 Å². The average molecular weight is 324 g/mol. The zero-order chi connectivity index (χ0) is 11.8. The Labute approximate surface area is 121 Å². The van der Waals surface area contributed by atoms with E-state index in [1.807, 2.05) is 42.6 Å². The molecule has 0 saturated carbocycles. The standard InChI is InChI=1S/C14H11ClN2.BrH/c1-10-3-2-4-14-16-13(9-17(10)14)11-5-7-12(15)8-6-11;/h2-9H,1H3;1H. The van der Waals surface area contributed by atoms with Crippen LogP contribution in [0.5, 0.6) is 0 Å². The van der Waals surface area contributed by atoms with Gasteiger partial charge in [0.15, 0.2) is 0 Å². The van der Waals surface area contributed by atoms with Crippen molar-refractivity contribution in [3.8, 4) is 11.3 Å². The highest BCUT2D eigenvalue weighted by Gasteiger charge is 2.04. The Bertz CT molecular complexity index is 674. The Balaban J connectivity index is 0.00000120. The predicted molar refractivity (Wildman–Crippen MR) is 80.7 cm³/mol. The van der Waals surface area contributed by atoms with Gasteiger partial charge in [0.25, 0.3) is 0 Å². The van der Waals surface area contributed by atoms with Gasteiger partial charge in [0, 0.05) is 22.5 Å². The molecule has 92 valence electrons. The Morgan fingerprint density at radius 2 is 1.78 bits per heavy atom. The maximum Gasteiger partial charge on any atom is 0.137 e. The van der Waals surface area contributed by atoms with E-state index >= 15 is 0 Å². The van der Waals surface area contributed by atoms with Crippen LogP contribution in [0.2, 0.25) is 5.02 Å². The second-order valence-corrected chi connectivity index (χ2v) is 4.46. The minimum Gasteiger partial charge on any atom is -0.304 e. The highest BCUT2D eigenvalue weighted by atomic mass is 79.9. The summed E-state index contributed by atoms with van der Waals surface area (Å²) < 4.78 is 2.09. The summed E-state index contributed by atoms with van der Waals surface area (Å²) in [6.07, 6.45) is 2.05. The molecule has 0 amide bonds. The van der Waals surface area contributed by atoms with E-state index in [1.54, 1.807) is 0 Å². The Morgan fingerprint density at radius 1 is 1.06 bits per heavy atom. The highest BCUT2D eigenvalue weighted by Crippen LogP contribution is 2.21. The van der Waals surface area contributed by atoms with Crippen LogP contribution in [0.4, 0.5) is 0 Å². The first-order valence-corrected chi connectivity index (χ1v) is 5.82. The van der Waals surface area contributed by atoms with Crippen molar-refractivity contribution in [2.75, 3.05) is 0 Å². The molecule has 2 nitrogen and oxygen atoms in total. The number of benzene rings is 1. The van der Waals surface area contributed by atoms with Crippen LogP contribution in [-0.2, 0) is 0 Å². The van der Waals surface area contributed by atoms with Crippen LogP contribution < -0.4 is 0 Å². The molecule has 18 heavy (non-hydrogen) atoms. The molecular formula is C14H12BrClN2. The lowest BCUT2D eigenvalue weighted by atomic mass is 10.2. The molecule has 0 unspecified atom stereocenters. The smallest absolute Gasteiger partial charge is 0.137 e. The van der Waals surface area contributed by atoms with Gasteiger partial charge in [-0.25, -0.2) is 4.98 Å². The van der Waals surface area contributed by atoms with Crippen LogP contribution >= 0.6 is 28.6 Å². The van der Waals surface area contributed by atoms with Crippen molar-refractivity contribution >= 4 is 34.2 Å². The highest BCUT2D eigenvalue weighted by molar-refractivity contribution is 8.93. The topological polar surface area (TPSA) is 17.3 Å². The van der Waals surface area contributed by atoms with Crippen LogP contribution in [0.25, 0.3) is 16.9 Å². The molecule has 0 aliphatic rings. The molecule has 3 rings (SSSR count). The first kappa shape index (κ1) is 13.1. The summed E-state index contributed by atoms with van der Waals surface area (Å²) in [7, 11) is 0. The van der Waals surface area contributed by atoms with Gasteiger partial charge in [-0.05, 0) is 31.2 Å². The van der Waals surface area contributed by atoms with E-state index in [4.69, 9.17) is 11.6 Å². The number of rotatable bonds is 1. The molecule has 0 fully saturated rings. The number of hydrogen-bond acceptors (Lipinski definition) is 1. The van der Waals surface area contributed by atoms with Gasteiger partial charge < -0.3 is 4.40 Å². The van der Waals surface area contributed by atoms with E-state index in [9.17, 15) is 0 Å². The molecule has 0 aliphatic carbocycles. The molecule has 0 saturated heterocycles. The number of imidazole rings is 1. The van der Waals surface area contributed by atoms with Gasteiger partial charge in [-0.2, -0.15) is 0 Å². The van der Waals surface area contributed by atoms with Gasteiger partial charge in [0.2, 0.25) is 0 Å². The first-order chi connectivity index (χ1) is 8.24. The maximum atomic E-state index is 5.88. The molecule has 0 spiro atoms.